The zero-order valence-electron chi connectivity index (χ0n) is 11.7. The number of alkyl halides is 3. The van der Waals surface area contributed by atoms with Crippen LogP contribution in [0.4, 0.5) is 17.6 Å². The first-order chi connectivity index (χ1) is 10.7. The lowest BCUT2D eigenvalue weighted by Crippen LogP contribution is -2.28. The van der Waals surface area contributed by atoms with Gasteiger partial charge in [0.1, 0.15) is 11.6 Å². The zero-order valence-corrected chi connectivity index (χ0v) is 12.5. The van der Waals surface area contributed by atoms with Gasteiger partial charge in [-0.15, -0.1) is 0 Å². The molecule has 0 aliphatic carbocycles. The monoisotopic (exact) mass is 348 g/mol. The van der Waals surface area contributed by atoms with Crippen LogP contribution < -0.4 is 4.18 Å². The minimum atomic E-state index is -5.66. The first kappa shape index (κ1) is 17.3. The van der Waals surface area contributed by atoms with Gasteiger partial charge in [0.25, 0.3) is 0 Å². The Morgan fingerprint density at radius 3 is 1.70 bits per heavy atom. The molecule has 0 saturated heterocycles. The summed E-state index contributed by atoms with van der Waals surface area (Å²) in [4.78, 5) is 0. The highest BCUT2D eigenvalue weighted by Crippen LogP contribution is 2.27. The predicted molar refractivity (Wildman–Crippen MR) is 75.9 cm³/mol. The maximum absolute atomic E-state index is 12.8. The van der Waals surface area contributed by atoms with Crippen molar-refractivity contribution < 1.29 is 30.2 Å². The van der Waals surface area contributed by atoms with Gasteiger partial charge in [0, 0.05) is 0 Å². The molecule has 0 spiro atoms. The van der Waals surface area contributed by atoms with Crippen molar-refractivity contribution in [2.75, 3.05) is 0 Å². The lowest BCUT2D eigenvalue weighted by Gasteiger charge is -2.09. The van der Waals surface area contributed by atoms with Gasteiger partial charge in [0.05, 0.1) is 0 Å². The fourth-order valence-corrected chi connectivity index (χ4v) is 2.28. The van der Waals surface area contributed by atoms with Gasteiger partial charge >= 0.3 is 15.6 Å². The summed E-state index contributed by atoms with van der Waals surface area (Å²) in [5.41, 5.74) is -3.77. The van der Waals surface area contributed by atoms with E-state index in [4.69, 9.17) is 0 Å². The highest BCUT2D eigenvalue weighted by Gasteiger charge is 2.48. The highest BCUT2D eigenvalue weighted by atomic mass is 32.2. The number of hydrogen-bond acceptors (Lipinski definition) is 3. The molecule has 0 radical (unpaired) electrons. The van der Waals surface area contributed by atoms with Crippen molar-refractivity contribution in [3.63, 3.8) is 0 Å². The standard InChI is InChI=1S/C15H12F4O3S/c16-13-7-3-11(4-8-13)1-2-12-5-9-14(10-6-12)22-23(20,21)15(17,18)19/h3-10H,1-2H2. The van der Waals surface area contributed by atoms with E-state index in [1.54, 1.807) is 12.1 Å². The Labute approximate surface area is 130 Å². The van der Waals surface area contributed by atoms with Crippen LogP contribution in [0.3, 0.4) is 0 Å². The smallest absolute Gasteiger partial charge is 0.376 e. The summed E-state index contributed by atoms with van der Waals surface area (Å²) in [5, 5.41) is 0. The fourth-order valence-electron chi connectivity index (χ4n) is 1.83. The number of benzene rings is 2. The Bertz CT molecular complexity index is 751. The summed E-state index contributed by atoms with van der Waals surface area (Å²) >= 11 is 0. The SMILES string of the molecule is O=S(=O)(Oc1ccc(CCc2ccc(F)cc2)cc1)C(F)(F)F. The molecule has 0 unspecified atom stereocenters. The van der Waals surface area contributed by atoms with Crippen molar-refractivity contribution in [1.82, 2.24) is 0 Å². The van der Waals surface area contributed by atoms with Crippen LogP contribution in [0.5, 0.6) is 5.75 Å². The van der Waals surface area contributed by atoms with Gasteiger partial charge in [0.15, 0.2) is 0 Å². The van der Waals surface area contributed by atoms with Gasteiger partial charge in [-0.25, -0.2) is 4.39 Å². The topological polar surface area (TPSA) is 43.4 Å². The van der Waals surface area contributed by atoms with E-state index in [-0.39, 0.29) is 5.82 Å². The molecule has 8 heteroatoms. The molecule has 2 rings (SSSR count). The average molecular weight is 348 g/mol. The number of halogens is 4. The van der Waals surface area contributed by atoms with Crippen LogP contribution in [0.2, 0.25) is 0 Å². The van der Waals surface area contributed by atoms with Crippen LogP contribution in [-0.2, 0) is 23.0 Å². The summed E-state index contributed by atoms with van der Waals surface area (Å²) in [6.07, 6.45) is 1.18. The molecule has 2 aromatic rings. The maximum atomic E-state index is 12.8. The Morgan fingerprint density at radius 1 is 0.826 bits per heavy atom. The molecule has 124 valence electrons. The lowest BCUT2D eigenvalue weighted by atomic mass is 10.0. The number of hydrogen-bond donors (Lipinski definition) is 0. The van der Waals surface area contributed by atoms with Crippen LogP contribution in [-0.4, -0.2) is 13.9 Å². The molecule has 0 fully saturated rings. The zero-order chi connectivity index (χ0) is 17.1. The molecule has 0 heterocycles. The molecule has 23 heavy (non-hydrogen) atoms. The van der Waals surface area contributed by atoms with Crippen LogP contribution >= 0.6 is 0 Å². The summed E-state index contributed by atoms with van der Waals surface area (Å²) in [5.74, 6) is -0.742. The van der Waals surface area contributed by atoms with Crippen molar-refractivity contribution in [2.45, 2.75) is 18.3 Å². The summed E-state index contributed by atoms with van der Waals surface area (Å²) in [7, 11) is -5.66. The van der Waals surface area contributed by atoms with E-state index in [9.17, 15) is 26.0 Å². The van der Waals surface area contributed by atoms with Crippen molar-refractivity contribution >= 4 is 10.1 Å². The van der Waals surface area contributed by atoms with Gasteiger partial charge in [0.2, 0.25) is 0 Å². The second-order valence-corrected chi connectivity index (χ2v) is 6.29. The normalized spacial score (nSPS) is 12.2. The molecule has 0 amide bonds. The van der Waals surface area contributed by atoms with E-state index in [1.807, 2.05) is 0 Å². The predicted octanol–water partition coefficient (Wildman–Crippen LogP) is 3.84. The molecule has 0 atom stereocenters. The average Bonchev–Trinajstić information content (AvgIpc) is 2.47. The third-order valence-electron chi connectivity index (χ3n) is 3.03. The Hall–Kier alpha value is -2.09. The van der Waals surface area contributed by atoms with E-state index >= 15 is 0 Å². The molecule has 3 nitrogen and oxygen atoms in total. The van der Waals surface area contributed by atoms with Crippen LogP contribution in [0.15, 0.2) is 48.5 Å². The van der Waals surface area contributed by atoms with E-state index in [2.05, 4.69) is 4.18 Å². The van der Waals surface area contributed by atoms with Gasteiger partial charge in [-0.2, -0.15) is 21.6 Å². The van der Waals surface area contributed by atoms with E-state index < -0.39 is 21.4 Å². The number of rotatable bonds is 5. The van der Waals surface area contributed by atoms with E-state index in [0.29, 0.717) is 12.8 Å². The fraction of sp³-hybridized carbons (Fsp3) is 0.200. The Balaban J connectivity index is 1.98. The second-order valence-electron chi connectivity index (χ2n) is 4.75. The third kappa shape index (κ3) is 4.69. The van der Waals surface area contributed by atoms with E-state index in [0.717, 1.165) is 23.3 Å². The maximum Gasteiger partial charge on any atom is 0.534 e. The van der Waals surface area contributed by atoms with Crippen molar-refractivity contribution in [2.24, 2.45) is 0 Å². The first-order valence-electron chi connectivity index (χ1n) is 6.51. The molecular weight excluding hydrogens is 336 g/mol. The Kier molecular flexibility index (Phi) is 4.93. The largest absolute Gasteiger partial charge is 0.534 e. The molecule has 0 aliphatic heterocycles. The number of aryl methyl sites for hydroxylation is 2. The van der Waals surface area contributed by atoms with E-state index in [1.165, 1.54) is 24.3 Å². The third-order valence-corrected chi connectivity index (χ3v) is 4.01. The molecule has 0 aliphatic rings. The van der Waals surface area contributed by atoms with Gasteiger partial charge in [-0.3, -0.25) is 0 Å². The molecular formula is C15H12F4O3S. The highest BCUT2D eigenvalue weighted by molar-refractivity contribution is 7.87. The van der Waals surface area contributed by atoms with Gasteiger partial charge in [-0.1, -0.05) is 24.3 Å². The molecule has 0 aromatic heterocycles. The molecule has 0 N–H and O–H groups in total. The lowest BCUT2D eigenvalue weighted by molar-refractivity contribution is -0.0500. The quantitative estimate of drug-likeness (QED) is 0.468. The second kappa shape index (κ2) is 6.57. The summed E-state index contributed by atoms with van der Waals surface area (Å²) in [6.45, 7) is 0. The van der Waals surface area contributed by atoms with Crippen molar-refractivity contribution in [3.8, 4) is 5.75 Å². The minimum Gasteiger partial charge on any atom is -0.376 e. The van der Waals surface area contributed by atoms with Crippen molar-refractivity contribution in [1.29, 1.82) is 0 Å². The van der Waals surface area contributed by atoms with Crippen molar-refractivity contribution in [3.05, 3.63) is 65.5 Å². The van der Waals surface area contributed by atoms with Gasteiger partial charge < -0.3 is 4.18 Å². The van der Waals surface area contributed by atoms with Gasteiger partial charge in [-0.05, 0) is 48.2 Å². The van der Waals surface area contributed by atoms with Crippen LogP contribution in [0.1, 0.15) is 11.1 Å². The Morgan fingerprint density at radius 2 is 1.26 bits per heavy atom. The summed E-state index contributed by atoms with van der Waals surface area (Å²) < 4.78 is 75.1. The molecule has 2 aromatic carbocycles. The minimum absolute atomic E-state index is 0.332. The first-order valence-corrected chi connectivity index (χ1v) is 7.92. The van der Waals surface area contributed by atoms with Crippen LogP contribution in [0.25, 0.3) is 0 Å². The summed E-state index contributed by atoms with van der Waals surface area (Å²) in [6, 6.07) is 11.2. The molecule has 0 bridgehead atoms. The molecule has 0 saturated carbocycles. The van der Waals surface area contributed by atoms with Crippen LogP contribution in [0, 0.1) is 5.82 Å².